The van der Waals surface area contributed by atoms with Gasteiger partial charge in [0.1, 0.15) is 12.6 Å². The van der Waals surface area contributed by atoms with E-state index in [2.05, 4.69) is 5.32 Å². The molecule has 2 aromatic carbocycles. The van der Waals surface area contributed by atoms with Crippen molar-refractivity contribution in [2.75, 3.05) is 16.8 Å². The molecule has 6 heteroatoms. The third kappa shape index (κ3) is 3.84. The first-order valence-electron chi connectivity index (χ1n) is 8.85. The predicted molar refractivity (Wildman–Crippen MR) is 105 cm³/mol. The minimum Gasteiger partial charge on any atom is -0.325 e. The van der Waals surface area contributed by atoms with Crippen LogP contribution in [0.2, 0.25) is 0 Å². The maximum absolute atomic E-state index is 12.8. The molecule has 2 aromatic rings. The van der Waals surface area contributed by atoms with Gasteiger partial charge in [-0.3, -0.25) is 19.4 Å². The lowest BCUT2D eigenvalue weighted by Crippen LogP contribution is -2.39. The Kier molecular flexibility index (Phi) is 4.99. The number of urea groups is 1. The molecule has 1 heterocycles. The summed E-state index contributed by atoms with van der Waals surface area (Å²) in [5.41, 5.74) is 4.41. The number of aryl methyl sites for hydroxylation is 3. The number of nitrogens with one attached hydrogen (secondary N) is 1. The van der Waals surface area contributed by atoms with Crippen LogP contribution in [0.25, 0.3) is 0 Å². The molecule has 1 atom stereocenters. The van der Waals surface area contributed by atoms with Crippen LogP contribution >= 0.6 is 0 Å². The van der Waals surface area contributed by atoms with Gasteiger partial charge in [0.25, 0.3) is 5.91 Å². The quantitative estimate of drug-likeness (QED) is 0.844. The van der Waals surface area contributed by atoms with Gasteiger partial charge >= 0.3 is 6.03 Å². The molecule has 1 aliphatic rings. The average Bonchev–Trinajstić information content (AvgIpc) is 2.78. The molecule has 1 saturated heterocycles. The van der Waals surface area contributed by atoms with Crippen molar-refractivity contribution in [2.45, 2.75) is 33.7 Å². The molecule has 0 unspecified atom stereocenters. The number of anilines is 2. The number of hydrogen-bond donors (Lipinski definition) is 1. The Hall–Kier alpha value is -3.15. The summed E-state index contributed by atoms with van der Waals surface area (Å²) in [4.78, 5) is 40.1. The lowest BCUT2D eigenvalue weighted by Gasteiger charge is -2.19. The summed E-state index contributed by atoms with van der Waals surface area (Å²) in [7, 11) is 0. The van der Waals surface area contributed by atoms with E-state index in [1.165, 1.54) is 4.90 Å². The second-order valence-electron chi connectivity index (χ2n) is 7.01. The van der Waals surface area contributed by atoms with Crippen LogP contribution in [0, 0.1) is 20.8 Å². The standard InChI is InChI=1S/C21H23N3O3/c1-13-5-7-18(8-6-13)24-16(4)20(26)23(21(24)27)12-19(25)22-17-10-14(2)9-15(3)11-17/h5-11,16H,12H2,1-4H3,(H,22,25)/t16-/m1/s1. The summed E-state index contributed by atoms with van der Waals surface area (Å²) in [6.45, 7) is 7.20. The van der Waals surface area contributed by atoms with Gasteiger partial charge in [-0.2, -0.15) is 0 Å². The second kappa shape index (κ2) is 7.23. The van der Waals surface area contributed by atoms with Crippen LogP contribution in [0.3, 0.4) is 0 Å². The highest BCUT2D eigenvalue weighted by molar-refractivity contribution is 6.16. The molecule has 0 radical (unpaired) electrons. The van der Waals surface area contributed by atoms with E-state index in [4.69, 9.17) is 0 Å². The van der Waals surface area contributed by atoms with Gasteiger partial charge in [-0.15, -0.1) is 0 Å². The first kappa shape index (κ1) is 18.6. The summed E-state index contributed by atoms with van der Waals surface area (Å²) in [5, 5.41) is 2.76. The van der Waals surface area contributed by atoms with Crippen molar-refractivity contribution >= 4 is 29.2 Å². The molecule has 27 heavy (non-hydrogen) atoms. The molecular formula is C21H23N3O3. The Labute approximate surface area is 158 Å². The lowest BCUT2D eigenvalue weighted by atomic mass is 10.1. The molecule has 1 aliphatic heterocycles. The topological polar surface area (TPSA) is 69.7 Å². The van der Waals surface area contributed by atoms with Crippen molar-refractivity contribution in [3.63, 3.8) is 0 Å². The fourth-order valence-corrected chi connectivity index (χ4v) is 3.30. The Morgan fingerprint density at radius 1 is 0.963 bits per heavy atom. The van der Waals surface area contributed by atoms with Crippen LogP contribution in [0.15, 0.2) is 42.5 Å². The number of rotatable bonds is 4. The van der Waals surface area contributed by atoms with Gasteiger partial charge in [-0.1, -0.05) is 23.8 Å². The molecule has 6 nitrogen and oxygen atoms in total. The summed E-state index contributed by atoms with van der Waals surface area (Å²) in [6, 6.07) is 11.9. The van der Waals surface area contributed by atoms with Crippen molar-refractivity contribution < 1.29 is 14.4 Å². The van der Waals surface area contributed by atoms with E-state index in [1.807, 2.05) is 51.1 Å². The van der Waals surface area contributed by atoms with E-state index in [9.17, 15) is 14.4 Å². The van der Waals surface area contributed by atoms with E-state index < -0.39 is 18.0 Å². The zero-order valence-corrected chi connectivity index (χ0v) is 15.9. The van der Waals surface area contributed by atoms with Crippen LogP contribution in [0.5, 0.6) is 0 Å². The molecule has 140 valence electrons. The van der Waals surface area contributed by atoms with Gasteiger partial charge in [-0.05, 0) is 63.1 Å². The first-order chi connectivity index (χ1) is 12.8. The van der Waals surface area contributed by atoms with Crippen LogP contribution in [0.4, 0.5) is 16.2 Å². The Morgan fingerprint density at radius 3 is 2.15 bits per heavy atom. The molecule has 1 N–H and O–H groups in total. The minimum absolute atomic E-state index is 0.308. The lowest BCUT2D eigenvalue weighted by molar-refractivity contribution is -0.130. The van der Waals surface area contributed by atoms with Gasteiger partial charge < -0.3 is 5.32 Å². The van der Waals surface area contributed by atoms with Crippen LogP contribution in [0.1, 0.15) is 23.6 Å². The predicted octanol–water partition coefficient (Wildman–Crippen LogP) is 3.41. The Balaban J connectivity index is 1.74. The van der Waals surface area contributed by atoms with Crippen molar-refractivity contribution in [3.05, 3.63) is 59.2 Å². The smallest absolute Gasteiger partial charge is 0.325 e. The van der Waals surface area contributed by atoms with Gasteiger partial charge in [0.05, 0.1) is 0 Å². The zero-order chi connectivity index (χ0) is 19.7. The molecule has 0 spiro atoms. The van der Waals surface area contributed by atoms with Gasteiger partial charge in [-0.25, -0.2) is 4.79 Å². The number of amides is 4. The van der Waals surface area contributed by atoms with Crippen molar-refractivity contribution in [3.8, 4) is 0 Å². The highest BCUT2D eigenvalue weighted by Crippen LogP contribution is 2.26. The Bertz CT molecular complexity index is 885. The van der Waals surface area contributed by atoms with Crippen molar-refractivity contribution in [2.24, 2.45) is 0 Å². The Morgan fingerprint density at radius 2 is 1.56 bits per heavy atom. The number of benzene rings is 2. The number of carbonyl (C=O) groups is 3. The maximum Gasteiger partial charge on any atom is 0.332 e. The number of hydrogen-bond acceptors (Lipinski definition) is 3. The van der Waals surface area contributed by atoms with E-state index in [-0.39, 0.29) is 12.5 Å². The average molecular weight is 365 g/mol. The highest BCUT2D eigenvalue weighted by Gasteiger charge is 2.44. The monoisotopic (exact) mass is 365 g/mol. The summed E-state index contributed by atoms with van der Waals surface area (Å²) in [6.07, 6.45) is 0. The summed E-state index contributed by atoms with van der Waals surface area (Å²) < 4.78 is 0. The number of carbonyl (C=O) groups excluding carboxylic acids is 3. The molecule has 0 saturated carbocycles. The SMILES string of the molecule is Cc1ccc(N2C(=O)N(CC(=O)Nc3cc(C)cc(C)c3)C(=O)[C@H]2C)cc1. The molecule has 0 aromatic heterocycles. The van der Waals surface area contributed by atoms with E-state index >= 15 is 0 Å². The van der Waals surface area contributed by atoms with Crippen molar-refractivity contribution in [1.29, 1.82) is 0 Å². The van der Waals surface area contributed by atoms with E-state index in [1.54, 1.807) is 19.1 Å². The maximum atomic E-state index is 12.8. The third-order valence-electron chi connectivity index (χ3n) is 4.57. The fourth-order valence-electron chi connectivity index (χ4n) is 3.30. The van der Waals surface area contributed by atoms with Gasteiger partial charge in [0, 0.05) is 11.4 Å². The number of nitrogens with zero attached hydrogens (tertiary/aromatic N) is 2. The largest absolute Gasteiger partial charge is 0.332 e. The highest BCUT2D eigenvalue weighted by atomic mass is 16.2. The van der Waals surface area contributed by atoms with Gasteiger partial charge in [0.15, 0.2) is 0 Å². The molecule has 0 aliphatic carbocycles. The minimum atomic E-state index is -0.644. The normalized spacial score (nSPS) is 16.8. The molecule has 4 amide bonds. The first-order valence-corrected chi connectivity index (χ1v) is 8.85. The van der Waals surface area contributed by atoms with Crippen LogP contribution in [-0.2, 0) is 9.59 Å². The summed E-state index contributed by atoms with van der Waals surface area (Å²) in [5.74, 6) is -0.782. The van der Waals surface area contributed by atoms with E-state index in [0.717, 1.165) is 21.6 Å². The molecule has 0 bridgehead atoms. The van der Waals surface area contributed by atoms with Crippen LogP contribution in [-0.4, -0.2) is 35.3 Å². The van der Waals surface area contributed by atoms with Gasteiger partial charge in [0.2, 0.25) is 5.91 Å². The fraction of sp³-hybridized carbons (Fsp3) is 0.286. The van der Waals surface area contributed by atoms with E-state index in [0.29, 0.717) is 11.4 Å². The summed E-state index contributed by atoms with van der Waals surface area (Å²) >= 11 is 0. The zero-order valence-electron chi connectivity index (χ0n) is 15.9. The van der Waals surface area contributed by atoms with Crippen LogP contribution < -0.4 is 10.2 Å². The second-order valence-corrected chi connectivity index (χ2v) is 7.01. The number of imide groups is 1. The molecule has 1 fully saturated rings. The molecular weight excluding hydrogens is 342 g/mol. The third-order valence-corrected chi connectivity index (χ3v) is 4.57. The van der Waals surface area contributed by atoms with Crippen molar-refractivity contribution in [1.82, 2.24) is 4.90 Å². The molecule has 3 rings (SSSR count).